The van der Waals surface area contributed by atoms with E-state index in [9.17, 15) is 18.0 Å². The Morgan fingerprint density at radius 2 is 1.07 bits per heavy atom. The molecule has 0 radical (unpaired) electrons. The van der Waals surface area contributed by atoms with Gasteiger partial charge in [-0.25, -0.2) is 18.4 Å². The molecule has 0 aliphatic carbocycles. The number of anilines is 6. The minimum Gasteiger partial charge on any atom is -0.399 e. The molecule has 0 bridgehead atoms. The summed E-state index contributed by atoms with van der Waals surface area (Å²) in [5.41, 5.74) is 17.8. The molecule has 10 aromatic rings. The lowest BCUT2D eigenvalue weighted by molar-refractivity contribution is 0.00578. The SMILES string of the molecule is CN(c1cccc(B2OC(C)(C)C(C)(C)O2)c1)S(C)(=O)=O.C[C@H](Nc1nc(N)ncc1-c1cccc(N(C)C)c1)c1cc2cccc(Cl)c2c(=O)n1-c1ccccc1.C[C@H](Nc1nc(N)ncc1Br)c1cc2cccc(Cl)c2c(=O)n1-c1ccccc1.O=S=O. The number of hydrogen-bond donors (Lipinski definition) is 4. The number of nitrogens with zero attached hydrogens (tertiary/aromatic N) is 8. The van der Waals surface area contributed by atoms with Crippen LogP contribution < -0.4 is 47.9 Å². The zero-order valence-corrected chi connectivity index (χ0v) is 55.6. The normalized spacial score (nSPS) is 13.7. The second-order valence-corrected chi connectivity index (χ2v) is 25.9. The Morgan fingerprint density at radius 3 is 1.56 bits per heavy atom. The number of benzene rings is 6. The van der Waals surface area contributed by atoms with Crippen LogP contribution in [-0.2, 0) is 30.9 Å². The minimum atomic E-state index is -3.29. The van der Waals surface area contributed by atoms with Gasteiger partial charge in [-0.2, -0.15) is 18.4 Å². The lowest BCUT2D eigenvalue weighted by atomic mass is 9.79. The number of nitrogens with one attached hydrogen (secondary N) is 2. The number of hydrogen-bond acceptors (Lipinski definition) is 17. The van der Waals surface area contributed by atoms with E-state index in [1.807, 2.05) is 182 Å². The van der Waals surface area contributed by atoms with Gasteiger partial charge in [0.05, 0.1) is 60.5 Å². The van der Waals surface area contributed by atoms with Gasteiger partial charge >= 0.3 is 18.7 Å². The molecule has 2 atom stereocenters. The zero-order chi connectivity index (χ0) is 65.4. The molecule has 1 fully saturated rings. The number of halogens is 3. The lowest BCUT2D eigenvalue weighted by Crippen LogP contribution is -2.41. The Kier molecular flexibility index (Phi) is 21.4. The number of rotatable bonds is 13. The molecule has 1 aliphatic heterocycles. The Hall–Kier alpha value is -8.49. The summed E-state index contributed by atoms with van der Waals surface area (Å²) in [6, 6.07) is 48.6. The first-order valence-corrected chi connectivity index (χ1v) is 32.0. The Balaban J connectivity index is 0.000000177. The van der Waals surface area contributed by atoms with Gasteiger partial charge in [0, 0.05) is 67.6 Å². The molecule has 6 N–H and O–H groups in total. The van der Waals surface area contributed by atoms with Crippen LogP contribution in [0.2, 0.25) is 10.0 Å². The molecule has 26 heteroatoms. The molecule has 0 saturated carbocycles. The van der Waals surface area contributed by atoms with Crippen LogP contribution in [0, 0.1) is 0 Å². The first kappa shape index (κ1) is 67.4. The fraction of sp³-hybridized carbons (Fsp3) is 0.219. The Bertz CT molecular complexity index is 4510. The number of nitrogens with two attached hydrogens (primary N) is 2. The van der Waals surface area contributed by atoms with Crippen LogP contribution in [-0.4, -0.2) is 91.6 Å². The van der Waals surface area contributed by atoms with E-state index < -0.39 is 39.9 Å². The van der Waals surface area contributed by atoms with Crippen LogP contribution in [0.1, 0.15) is 65.0 Å². The van der Waals surface area contributed by atoms with E-state index in [4.69, 9.17) is 52.4 Å². The van der Waals surface area contributed by atoms with E-state index in [1.54, 1.807) is 51.9 Å². The van der Waals surface area contributed by atoms with Gasteiger partial charge in [-0.3, -0.25) is 23.0 Å². The molecule has 5 heterocycles. The van der Waals surface area contributed by atoms with Gasteiger partial charge in [0.25, 0.3) is 11.1 Å². The second kappa shape index (κ2) is 28.6. The third-order valence-electron chi connectivity index (χ3n) is 15.2. The molecule has 1 saturated heterocycles. The number of aromatic nitrogens is 6. The smallest absolute Gasteiger partial charge is 0.399 e. The van der Waals surface area contributed by atoms with Gasteiger partial charge in [0.1, 0.15) is 11.6 Å². The third kappa shape index (κ3) is 15.4. The van der Waals surface area contributed by atoms with Crippen molar-refractivity contribution in [2.24, 2.45) is 0 Å². The second-order valence-electron chi connectivity index (χ2n) is 22.1. The average Bonchev–Trinajstić information content (AvgIpc) is 1.00. The summed E-state index contributed by atoms with van der Waals surface area (Å²) in [5, 5.41) is 10.2. The molecule has 90 heavy (non-hydrogen) atoms. The predicted molar refractivity (Wildman–Crippen MR) is 368 cm³/mol. The summed E-state index contributed by atoms with van der Waals surface area (Å²) in [5.74, 6) is 1.44. The van der Waals surface area contributed by atoms with Gasteiger partial charge < -0.3 is 36.3 Å². The highest BCUT2D eigenvalue weighted by Crippen LogP contribution is 2.38. The van der Waals surface area contributed by atoms with Gasteiger partial charge in [0.15, 0.2) is 0 Å². The van der Waals surface area contributed by atoms with E-state index in [2.05, 4.69) is 52.6 Å². The first-order chi connectivity index (χ1) is 42.6. The molecule has 4 aromatic heterocycles. The van der Waals surface area contributed by atoms with E-state index in [-0.39, 0.29) is 35.1 Å². The van der Waals surface area contributed by atoms with Crippen molar-refractivity contribution in [1.82, 2.24) is 29.1 Å². The molecule has 466 valence electrons. The molecule has 0 unspecified atom stereocenters. The van der Waals surface area contributed by atoms with E-state index >= 15 is 0 Å². The largest absolute Gasteiger partial charge is 0.494 e. The number of pyridine rings is 2. The first-order valence-electron chi connectivity index (χ1n) is 28.0. The van der Waals surface area contributed by atoms with Crippen LogP contribution in [0.15, 0.2) is 184 Å². The lowest BCUT2D eigenvalue weighted by Gasteiger charge is -2.32. The van der Waals surface area contributed by atoms with Crippen molar-refractivity contribution in [3.05, 3.63) is 217 Å². The quantitative estimate of drug-likeness (QED) is 0.0782. The maximum Gasteiger partial charge on any atom is 0.494 e. The van der Waals surface area contributed by atoms with Crippen molar-refractivity contribution in [3.63, 3.8) is 0 Å². The third-order valence-corrected chi connectivity index (χ3v) is 17.6. The van der Waals surface area contributed by atoms with Gasteiger partial charge in [-0.1, -0.05) is 108 Å². The summed E-state index contributed by atoms with van der Waals surface area (Å²) < 4.78 is 57.1. The highest BCUT2D eigenvalue weighted by atomic mass is 79.9. The van der Waals surface area contributed by atoms with Crippen LogP contribution >= 0.6 is 39.1 Å². The minimum absolute atomic E-state index is 0.160. The van der Waals surface area contributed by atoms with E-state index in [0.717, 1.165) is 55.8 Å². The maximum atomic E-state index is 13.8. The molecule has 0 spiro atoms. The maximum absolute atomic E-state index is 13.8. The van der Waals surface area contributed by atoms with E-state index in [0.29, 0.717) is 42.6 Å². The van der Waals surface area contributed by atoms with Crippen LogP contribution in [0.3, 0.4) is 0 Å². The van der Waals surface area contributed by atoms with Crippen molar-refractivity contribution in [3.8, 4) is 22.5 Å². The highest BCUT2D eigenvalue weighted by Gasteiger charge is 2.51. The number of nitrogen functional groups attached to an aromatic ring is 2. The standard InChI is InChI=1S/C29H27ClN6O.C21H17BrClN5O.C14H22BNO4S.O2S/c1-18(33-27-23(17-32-29(31)34-27)19-9-7-13-22(15-19)35(2)3)25-16-20-10-8-14-24(30)26(20)28(37)36(25)21-11-5-4-6-12-21;1-12(26-19-15(22)11-25-21(24)27-19)17-10-13-6-5-9-16(23)18(13)20(29)28(17)14-7-3-2-4-8-14;1-13(2)14(3,4)20-15(19-13)11-8-7-9-12(10-11)16(5)21(6,17)18;1-3-2/h4-18H,1-3H3,(H3,31,32,33,34);2-12H,1H3,(H3,24,25,26,27);7-10H,1-6H3;/t18-;12-;;/m00../s1. The van der Waals surface area contributed by atoms with Gasteiger partial charge in [-0.15, -0.1) is 0 Å². The van der Waals surface area contributed by atoms with Crippen molar-refractivity contribution >= 4 is 130 Å². The number of sulfonamides is 1. The van der Waals surface area contributed by atoms with Crippen LogP contribution in [0.4, 0.5) is 34.9 Å². The summed E-state index contributed by atoms with van der Waals surface area (Å²) >= 11 is 15.5. The monoisotopic (exact) mass is 1350 g/mol. The summed E-state index contributed by atoms with van der Waals surface area (Å²) in [7, 11) is 1.73. The summed E-state index contributed by atoms with van der Waals surface area (Å²) in [6.45, 7) is 11.9. The van der Waals surface area contributed by atoms with Crippen LogP contribution in [0.25, 0.3) is 44.0 Å². The molecule has 11 rings (SSSR count). The Labute approximate surface area is 544 Å². The molecule has 0 amide bonds. The Morgan fingerprint density at radius 1 is 0.622 bits per heavy atom. The fourth-order valence-electron chi connectivity index (χ4n) is 9.75. The number of para-hydroxylation sites is 2. The van der Waals surface area contributed by atoms with E-state index in [1.165, 1.54) is 17.6 Å². The molecular weight excluding hydrogens is 1290 g/mol. The summed E-state index contributed by atoms with van der Waals surface area (Å²) in [6.07, 6.45) is 4.48. The topological polar surface area (TPSA) is 265 Å². The number of fused-ring (bicyclic) bond motifs is 2. The van der Waals surface area contributed by atoms with Crippen molar-refractivity contribution in [2.75, 3.05) is 58.7 Å². The van der Waals surface area contributed by atoms with Crippen molar-refractivity contribution in [2.45, 2.75) is 64.8 Å². The molecule has 6 aromatic carbocycles. The molecule has 1 aliphatic rings. The predicted octanol–water partition coefficient (Wildman–Crippen LogP) is 11.6. The van der Waals surface area contributed by atoms with Crippen molar-refractivity contribution in [1.29, 1.82) is 0 Å². The summed E-state index contributed by atoms with van der Waals surface area (Å²) in [4.78, 5) is 46.2. The highest BCUT2D eigenvalue weighted by molar-refractivity contribution is 9.10. The van der Waals surface area contributed by atoms with Crippen LogP contribution in [0.5, 0.6) is 0 Å². The average molecular weight is 1360 g/mol. The molecular formula is C64H66BBrCl2N12O8S2. The molecule has 20 nitrogen and oxygen atoms in total. The fourth-order valence-corrected chi connectivity index (χ4v) is 11.1. The van der Waals surface area contributed by atoms with Crippen molar-refractivity contribution < 1.29 is 26.1 Å². The van der Waals surface area contributed by atoms with Gasteiger partial charge in [0.2, 0.25) is 21.9 Å². The zero-order valence-electron chi connectivity index (χ0n) is 50.8. The van der Waals surface area contributed by atoms with Gasteiger partial charge in [-0.05, 0) is 152 Å².